The number of hydrogen-bond acceptors (Lipinski definition) is 7. The Morgan fingerprint density at radius 2 is 1.80 bits per heavy atom. The molecule has 0 N–H and O–H groups in total. The van der Waals surface area contributed by atoms with Crippen molar-refractivity contribution in [3.63, 3.8) is 0 Å². The standard InChI is InChI=1S/C22H17NO7/c1-28-16-5-6-17-14(10-21(26)30-18(17)11-16)12-29-22(27)13-3-2-4-15(9-13)23-19(24)7-8-20(23)25/h2-6,9-11H,7-8,12H2,1H3. The fraction of sp³-hybridized carbons (Fsp3) is 0.182. The van der Waals surface area contributed by atoms with Crippen LogP contribution in [-0.2, 0) is 20.9 Å². The molecule has 2 aromatic carbocycles. The molecule has 3 aromatic rings. The predicted octanol–water partition coefficient (Wildman–Crippen LogP) is 2.81. The summed E-state index contributed by atoms with van der Waals surface area (Å²) in [5.74, 6) is -0.722. The van der Waals surface area contributed by atoms with Crippen LogP contribution in [0.3, 0.4) is 0 Å². The Labute approximate surface area is 170 Å². The van der Waals surface area contributed by atoms with Crippen molar-refractivity contribution in [1.29, 1.82) is 0 Å². The number of carbonyl (C=O) groups excluding carboxylic acids is 3. The zero-order valence-corrected chi connectivity index (χ0v) is 16.0. The second-order valence-corrected chi connectivity index (χ2v) is 6.70. The summed E-state index contributed by atoms with van der Waals surface area (Å²) in [5, 5.41) is 0.616. The number of hydrogen-bond donors (Lipinski definition) is 0. The molecule has 0 saturated carbocycles. The maximum absolute atomic E-state index is 12.5. The molecule has 4 rings (SSSR count). The molecule has 30 heavy (non-hydrogen) atoms. The minimum Gasteiger partial charge on any atom is -0.497 e. The Kier molecular flexibility index (Phi) is 5.05. The topological polar surface area (TPSA) is 103 Å². The molecule has 0 aliphatic carbocycles. The molecule has 8 nitrogen and oxygen atoms in total. The Hall–Kier alpha value is -3.94. The van der Waals surface area contributed by atoms with Gasteiger partial charge in [0.15, 0.2) is 0 Å². The third-order valence-corrected chi connectivity index (χ3v) is 4.79. The summed E-state index contributed by atoms with van der Waals surface area (Å²) < 4.78 is 15.7. The van der Waals surface area contributed by atoms with Crippen LogP contribution in [-0.4, -0.2) is 24.9 Å². The van der Waals surface area contributed by atoms with Gasteiger partial charge >= 0.3 is 11.6 Å². The van der Waals surface area contributed by atoms with Crippen LogP contribution in [0.15, 0.2) is 57.7 Å². The van der Waals surface area contributed by atoms with Crippen molar-refractivity contribution in [2.45, 2.75) is 19.4 Å². The smallest absolute Gasteiger partial charge is 0.338 e. The van der Waals surface area contributed by atoms with Gasteiger partial charge in [-0.15, -0.1) is 0 Å². The molecular weight excluding hydrogens is 390 g/mol. The number of fused-ring (bicyclic) bond motifs is 1. The summed E-state index contributed by atoms with van der Waals surface area (Å²) in [6.45, 7) is -0.154. The van der Waals surface area contributed by atoms with E-state index in [1.165, 1.54) is 25.3 Å². The van der Waals surface area contributed by atoms with Gasteiger partial charge in [-0.05, 0) is 30.3 Å². The average Bonchev–Trinajstić information content (AvgIpc) is 3.09. The zero-order chi connectivity index (χ0) is 21.3. The summed E-state index contributed by atoms with van der Waals surface area (Å²) in [6.07, 6.45) is 0.309. The molecular formula is C22H17NO7. The van der Waals surface area contributed by atoms with Gasteiger partial charge in [0.1, 0.15) is 17.9 Å². The highest BCUT2D eigenvalue weighted by Crippen LogP contribution is 2.25. The Morgan fingerprint density at radius 3 is 2.53 bits per heavy atom. The zero-order valence-electron chi connectivity index (χ0n) is 16.0. The highest BCUT2D eigenvalue weighted by Gasteiger charge is 2.30. The first-order chi connectivity index (χ1) is 14.5. The van der Waals surface area contributed by atoms with Gasteiger partial charge in [-0.3, -0.25) is 14.5 Å². The van der Waals surface area contributed by atoms with E-state index in [0.717, 1.165) is 4.90 Å². The van der Waals surface area contributed by atoms with Crippen molar-refractivity contribution in [1.82, 2.24) is 0 Å². The molecule has 0 unspecified atom stereocenters. The van der Waals surface area contributed by atoms with E-state index in [4.69, 9.17) is 13.9 Å². The maximum atomic E-state index is 12.5. The molecule has 0 radical (unpaired) electrons. The van der Waals surface area contributed by atoms with Crippen LogP contribution < -0.4 is 15.3 Å². The third kappa shape index (κ3) is 3.67. The monoisotopic (exact) mass is 407 g/mol. The van der Waals surface area contributed by atoms with E-state index in [9.17, 15) is 19.2 Å². The fourth-order valence-electron chi connectivity index (χ4n) is 3.32. The van der Waals surface area contributed by atoms with Crippen molar-refractivity contribution in [2.75, 3.05) is 12.0 Å². The second kappa shape index (κ2) is 7.82. The Balaban J connectivity index is 1.56. The minimum atomic E-state index is -0.647. The lowest BCUT2D eigenvalue weighted by Gasteiger charge is -2.14. The van der Waals surface area contributed by atoms with Crippen molar-refractivity contribution >= 4 is 34.4 Å². The van der Waals surface area contributed by atoms with Gasteiger partial charge in [0.2, 0.25) is 11.8 Å². The van der Waals surface area contributed by atoms with E-state index in [-0.39, 0.29) is 36.8 Å². The van der Waals surface area contributed by atoms with E-state index in [1.54, 1.807) is 30.3 Å². The summed E-state index contributed by atoms with van der Waals surface area (Å²) in [5.41, 5.74) is 0.748. The number of nitrogens with zero attached hydrogens (tertiary/aromatic N) is 1. The summed E-state index contributed by atoms with van der Waals surface area (Å²) in [4.78, 5) is 49.3. The molecule has 1 aliphatic rings. The van der Waals surface area contributed by atoms with Crippen LogP contribution in [0.2, 0.25) is 0 Å². The number of benzene rings is 2. The first kappa shape index (κ1) is 19.4. The van der Waals surface area contributed by atoms with Gasteiger partial charge in [-0.2, -0.15) is 0 Å². The third-order valence-electron chi connectivity index (χ3n) is 4.79. The number of anilines is 1. The lowest BCUT2D eigenvalue weighted by Crippen LogP contribution is -2.28. The van der Waals surface area contributed by atoms with Crippen LogP contribution in [0.1, 0.15) is 28.8 Å². The number of amides is 2. The number of esters is 1. The average molecular weight is 407 g/mol. The Morgan fingerprint density at radius 1 is 1.03 bits per heavy atom. The molecule has 2 amide bonds. The predicted molar refractivity (Wildman–Crippen MR) is 106 cm³/mol. The van der Waals surface area contributed by atoms with Crippen LogP contribution in [0.5, 0.6) is 5.75 Å². The van der Waals surface area contributed by atoms with E-state index in [2.05, 4.69) is 0 Å². The number of imide groups is 1. The van der Waals surface area contributed by atoms with Crippen molar-refractivity contribution in [2.24, 2.45) is 0 Å². The largest absolute Gasteiger partial charge is 0.497 e. The van der Waals surface area contributed by atoms with Crippen LogP contribution in [0.4, 0.5) is 5.69 Å². The lowest BCUT2D eigenvalue weighted by molar-refractivity contribution is -0.121. The summed E-state index contributed by atoms with van der Waals surface area (Å²) in [6, 6.07) is 12.4. The van der Waals surface area contributed by atoms with E-state index >= 15 is 0 Å². The molecule has 0 bridgehead atoms. The normalized spacial score (nSPS) is 13.7. The number of carbonyl (C=O) groups is 3. The van der Waals surface area contributed by atoms with Crippen molar-refractivity contribution in [3.05, 3.63) is 70.1 Å². The molecule has 152 valence electrons. The van der Waals surface area contributed by atoms with Crippen LogP contribution in [0.25, 0.3) is 11.0 Å². The maximum Gasteiger partial charge on any atom is 0.338 e. The van der Waals surface area contributed by atoms with Crippen LogP contribution in [0, 0.1) is 0 Å². The molecule has 2 heterocycles. The minimum absolute atomic E-state index is 0.154. The van der Waals surface area contributed by atoms with Gasteiger partial charge in [0, 0.05) is 35.9 Å². The molecule has 1 fully saturated rings. The van der Waals surface area contributed by atoms with E-state index in [1.807, 2.05) is 0 Å². The van der Waals surface area contributed by atoms with Crippen LogP contribution >= 0.6 is 0 Å². The molecule has 1 aliphatic heterocycles. The molecule has 8 heteroatoms. The van der Waals surface area contributed by atoms with Gasteiger partial charge < -0.3 is 13.9 Å². The van der Waals surface area contributed by atoms with Crippen molar-refractivity contribution in [3.8, 4) is 5.75 Å². The van der Waals surface area contributed by atoms with E-state index < -0.39 is 11.6 Å². The molecule has 1 saturated heterocycles. The first-order valence-electron chi connectivity index (χ1n) is 9.20. The fourth-order valence-corrected chi connectivity index (χ4v) is 3.32. The highest BCUT2D eigenvalue weighted by molar-refractivity contribution is 6.20. The summed E-state index contributed by atoms with van der Waals surface area (Å²) in [7, 11) is 1.50. The number of ether oxygens (including phenoxy) is 2. The molecule has 0 atom stereocenters. The van der Waals surface area contributed by atoms with E-state index in [0.29, 0.717) is 28.0 Å². The molecule has 0 spiro atoms. The van der Waals surface area contributed by atoms with Gasteiger partial charge in [-0.1, -0.05) is 6.07 Å². The summed E-state index contributed by atoms with van der Waals surface area (Å²) >= 11 is 0. The first-order valence-corrected chi connectivity index (χ1v) is 9.20. The second-order valence-electron chi connectivity index (χ2n) is 6.70. The highest BCUT2D eigenvalue weighted by atomic mass is 16.5. The van der Waals surface area contributed by atoms with Gasteiger partial charge in [-0.25, -0.2) is 9.59 Å². The molecule has 1 aromatic heterocycles. The quantitative estimate of drug-likeness (QED) is 0.364. The van der Waals surface area contributed by atoms with Gasteiger partial charge in [0.25, 0.3) is 0 Å². The lowest BCUT2D eigenvalue weighted by atomic mass is 10.1. The van der Waals surface area contributed by atoms with Gasteiger partial charge in [0.05, 0.1) is 18.4 Å². The number of methoxy groups -OCH3 is 1. The van der Waals surface area contributed by atoms with Crippen molar-refractivity contribution < 1.29 is 28.3 Å². The number of rotatable bonds is 5. The Bertz CT molecular complexity index is 1210. The SMILES string of the molecule is COc1ccc2c(COC(=O)c3cccc(N4C(=O)CCC4=O)c3)cc(=O)oc2c1.